The molecule has 0 saturated heterocycles. The van der Waals surface area contributed by atoms with Gasteiger partial charge in [-0.05, 0) is 52.7 Å². The van der Waals surface area contributed by atoms with Crippen molar-refractivity contribution in [2.75, 3.05) is 12.9 Å². The van der Waals surface area contributed by atoms with Gasteiger partial charge in [-0.2, -0.15) is 0 Å². The fourth-order valence-electron chi connectivity index (χ4n) is 2.65. The fourth-order valence-corrected chi connectivity index (χ4v) is 3.91. The smallest absolute Gasteiger partial charge is 0.230 e. The van der Waals surface area contributed by atoms with Gasteiger partial charge in [0.05, 0.1) is 25.4 Å². The minimum Gasteiger partial charge on any atom is -0.497 e. The Morgan fingerprint density at radius 2 is 2.00 bits per heavy atom. The maximum atomic E-state index is 12.3. The number of hydrogen-bond acceptors (Lipinski definition) is 6. The lowest BCUT2D eigenvalue weighted by Gasteiger charge is -2.15. The number of nitrogens with one attached hydrogen (secondary N) is 1. The Morgan fingerprint density at radius 3 is 2.69 bits per heavy atom. The number of thioether (sulfide) groups is 1. The number of rotatable bonds is 8. The Labute approximate surface area is 182 Å². The van der Waals surface area contributed by atoms with Crippen LogP contribution in [0.25, 0.3) is 0 Å². The van der Waals surface area contributed by atoms with Crippen molar-refractivity contribution < 1.29 is 9.53 Å². The summed E-state index contributed by atoms with van der Waals surface area (Å²) in [5, 5.41) is 16.3. The number of hydrogen-bond donors (Lipinski definition) is 1. The van der Waals surface area contributed by atoms with E-state index in [0.717, 1.165) is 16.9 Å². The molecular weight excluding hydrogens is 433 g/mol. The first-order chi connectivity index (χ1) is 14.0. The van der Waals surface area contributed by atoms with Crippen LogP contribution in [-0.2, 0) is 11.3 Å². The minimum atomic E-state index is -0.247. The zero-order valence-corrected chi connectivity index (χ0v) is 18.1. The van der Waals surface area contributed by atoms with Crippen LogP contribution in [0.15, 0.2) is 47.6 Å². The average Bonchev–Trinajstić information content (AvgIpc) is 3.13. The lowest BCUT2D eigenvalue weighted by molar-refractivity contribution is -0.119. The van der Waals surface area contributed by atoms with Crippen LogP contribution in [0.3, 0.4) is 0 Å². The molecule has 1 atom stereocenters. The molecule has 1 aromatic heterocycles. The number of methoxy groups -OCH3 is 1. The third-order valence-corrected chi connectivity index (χ3v) is 5.65. The number of benzene rings is 2. The summed E-state index contributed by atoms with van der Waals surface area (Å²) in [4.78, 5) is 12.3. The molecule has 2 aromatic carbocycles. The van der Waals surface area contributed by atoms with Crippen LogP contribution in [-0.4, -0.2) is 39.0 Å². The van der Waals surface area contributed by atoms with E-state index in [9.17, 15) is 4.79 Å². The number of carbonyl (C=O) groups is 1. The quantitative estimate of drug-likeness (QED) is 0.521. The first kappa shape index (κ1) is 21.4. The Hall–Kier alpha value is -2.29. The van der Waals surface area contributed by atoms with E-state index in [1.165, 1.54) is 11.8 Å². The maximum Gasteiger partial charge on any atom is 0.230 e. The highest BCUT2D eigenvalue weighted by Gasteiger charge is 2.15. The molecule has 0 saturated carbocycles. The monoisotopic (exact) mass is 451 g/mol. The predicted octanol–water partition coefficient (Wildman–Crippen LogP) is 4.01. The maximum absolute atomic E-state index is 12.3. The first-order valence-corrected chi connectivity index (χ1v) is 10.5. The molecule has 10 heteroatoms. The van der Waals surface area contributed by atoms with Gasteiger partial charge in [-0.3, -0.25) is 4.79 Å². The number of aromatic nitrogens is 4. The van der Waals surface area contributed by atoms with Crippen LogP contribution < -0.4 is 10.1 Å². The van der Waals surface area contributed by atoms with E-state index in [0.29, 0.717) is 21.7 Å². The molecule has 0 fully saturated rings. The van der Waals surface area contributed by atoms with E-state index in [1.54, 1.807) is 30.0 Å². The number of carbonyl (C=O) groups excluding carboxylic acids is 1. The fraction of sp³-hybridized carbons (Fsp3) is 0.263. The molecule has 0 bridgehead atoms. The molecule has 7 nitrogen and oxygen atoms in total. The number of nitrogens with zero attached hydrogens (tertiary/aromatic N) is 4. The van der Waals surface area contributed by atoms with Crippen LogP contribution >= 0.6 is 35.0 Å². The molecule has 3 aromatic rings. The van der Waals surface area contributed by atoms with E-state index < -0.39 is 0 Å². The predicted molar refractivity (Wildman–Crippen MR) is 114 cm³/mol. The summed E-state index contributed by atoms with van der Waals surface area (Å²) < 4.78 is 6.81. The van der Waals surface area contributed by atoms with Gasteiger partial charge in [-0.15, -0.1) is 5.10 Å². The van der Waals surface area contributed by atoms with E-state index in [1.807, 2.05) is 31.2 Å². The molecule has 0 radical (unpaired) electrons. The molecule has 0 aliphatic rings. The normalized spacial score (nSPS) is 11.9. The standard InChI is InChI=1S/C19H19Cl2N5O2S/c1-12(16-8-5-14(20)9-17(16)21)22-18(27)11-29-19-23-24-25-26(19)10-13-3-6-15(28-2)7-4-13/h3-9,12H,10-11H2,1-2H3,(H,22,27). The van der Waals surface area contributed by atoms with E-state index in [-0.39, 0.29) is 17.7 Å². The van der Waals surface area contributed by atoms with Crippen LogP contribution in [0.5, 0.6) is 5.75 Å². The number of ether oxygens (including phenoxy) is 1. The second kappa shape index (κ2) is 9.96. The van der Waals surface area contributed by atoms with E-state index in [2.05, 4.69) is 20.8 Å². The third kappa shape index (κ3) is 5.85. The topological polar surface area (TPSA) is 81.9 Å². The number of amides is 1. The van der Waals surface area contributed by atoms with Gasteiger partial charge in [0.25, 0.3) is 0 Å². The molecule has 0 aliphatic carbocycles. The summed E-state index contributed by atoms with van der Waals surface area (Å²) in [5.41, 5.74) is 1.83. The van der Waals surface area contributed by atoms with E-state index >= 15 is 0 Å². The van der Waals surface area contributed by atoms with Crippen molar-refractivity contribution in [3.63, 3.8) is 0 Å². The Bertz CT molecular complexity index is 981. The van der Waals surface area contributed by atoms with Crippen molar-refractivity contribution in [1.29, 1.82) is 0 Å². The molecule has 3 rings (SSSR count). The van der Waals surface area contributed by atoms with Gasteiger partial charge >= 0.3 is 0 Å². The Kier molecular flexibility index (Phi) is 7.35. The van der Waals surface area contributed by atoms with Crippen molar-refractivity contribution in [3.05, 3.63) is 63.6 Å². The second-order valence-corrected chi connectivity index (χ2v) is 8.00. The molecule has 0 spiro atoms. The zero-order valence-electron chi connectivity index (χ0n) is 15.8. The van der Waals surface area contributed by atoms with Crippen molar-refractivity contribution >= 4 is 40.9 Å². The molecule has 1 N–H and O–H groups in total. The van der Waals surface area contributed by atoms with Gasteiger partial charge in [0.15, 0.2) is 0 Å². The average molecular weight is 452 g/mol. The summed E-state index contributed by atoms with van der Waals surface area (Å²) in [7, 11) is 1.62. The molecule has 29 heavy (non-hydrogen) atoms. The highest BCUT2D eigenvalue weighted by atomic mass is 35.5. The summed E-state index contributed by atoms with van der Waals surface area (Å²) >= 11 is 13.4. The highest BCUT2D eigenvalue weighted by Crippen LogP contribution is 2.26. The molecule has 1 amide bonds. The lowest BCUT2D eigenvalue weighted by atomic mass is 10.1. The molecule has 1 unspecified atom stereocenters. The van der Waals surface area contributed by atoms with Gasteiger partial charge in [0, 0.05) is 10.0 Å². The van der Waals surface area contributed by atoms with Crippen LogP contribution in [0.4, 0.5) is 0 Å². The number of tetrazole rings is 1. The zero-order chi connectivity index (χ0) is 20.8. The second-order valence-electron chi connectivity index (χ2n) is 6.21. The van der Waals surface area contributed by atoms with Crippen molar-refractivity contribution in [1.82, 2.24) is 25.5 Å². The third-order valence-electron chi connectivity index (χ3n) is 4.13. The highest BCUT2D eigenvalue weighted by molar-refractivity contribution is 7.99. The molecule has 1 heterocycles. The van der Waals surface area contributed by atoms with Gasteiger partial charge in [0.2, 0.25) is 11.1 Å². The molecular formula is C19H19Cl2N5O2S. The Morgan fingerprint density at radius 1 is 1.24 bits per heavy atom. The van der Waals surface area contributed by atoms with Crippen molar-refractivity contribution in [2.24, 2.45) is 0 Å². The summed E-state index contributed by atoms with van der Waals surface area (Å²) in [6.45, 7) is 2.36. The number of halogens is 2. The van der Waals surface area contributed by atoms with Gasteiger partial charge in [-0.25, -0.2) is 4.68 Å². The SMILES string of the molecule is COc1ccc(Cn2nnnc2SCC(=O)NC(C)c2ccc(Cl)cc2Cl)cc1. The largest absolute Gasteiger partial charge is 0.497 e. The lowest BCUT2D eigenvalue weighted by Crippen LogP contribution is -2.28. The van der Waals surface area contributed by atoms with Crippen molar-refractivity contribution in [3.8, 4) is 5.75 Å². The molecule has 0 aliphatic heterocycles. The van der Waals surface area contributed by atoms with E-state index in [4.69, 9.17) is 27.9 Å². The van der Waals surface area contributed by atoms with Gasteiger partial charge in [-0.1, -0.05) is 53.2 Å². The van der Waals surface area contributed by atoms with Crippen LogP contribution in [0.2, 0.25) is 10.0 Å². The van der Waals surface area contributed by atoms with Crippen LogP contribution in [0.1, 0.15) is 24.1 Å². The first-order valence-electron chi connectivity index (χ1n) is 8.72. The Balaban J connectivity index is 1.56. The molecule has 152 valence electrons. The van der Waals surface area contributed by atoms with Gasteiger partial charge in [0.1, 0.15) is 5.75 Å². The summed E-state index contributed by atoms with van der Waals surface area (Å²) in [5.74, 6) is 0.817. The van der Waals surface area contributed by atoms with Crippen LogP contribution in [0, 0.1) is 0 Å². The summed E-state index contributed by atoms with van der Waals surface area (Å²) in [6, 6.07) is 12.6. The van der Waals surface area contributed by atoms with Crippen molar-refractivity contribution in [2.45, 2.75) is 24.7 Å². The summed E-state index contributed by atoms with van der Waals surface area (Å²) in [6.07, 6.45) is 0. The van der Waals surface area contributed by atoms with Gasteiger partial charge < -0.3 is 10.1 Å². The minimum absolute atomic E-state index is 0.146.